The van der Waals surface area contributed by atoms with Gasteiger partial charge in [-0.3, -0.25) is 9.59 Å². The van der Waals surface area contributed by atoms with Gasteiger partial charge in [-0.25, -0.2) is 0 Å². The zero-order valence-corrected chi connectivity index (χ0v) is 12.3. The number of ether oxygens (including phenoxy) is 1. The fourth-order valence-electron chi connectivity index (χ4n) is 1.36. The zero-order valence-electron chi connectivity index (χ0n) is 11.4. The number of esters is 1. The van der Waals surface area contributed by atoms with Crippen molar-refractivity contribution < 1.29 is 19.4 Å². The van der Waals surface area contributed by atoms with Gasteiger partial charge >= 0.3 is 11.9 Å². The molecule has 0 fully saturated rings. The second-order valence-electron chi connectivity index (χ2n) is 5.20. The van der Waals surface area contributed by atoms with Crippen molar-refractivity contribution in [3.8, 4) is 0 Å². The summed E-state index contributed by atoms with van der Waals surface area (Å²) in [5.74, 6) is -2.22. The summed E-state index contributed by atoms with van der Waals surface area (Å²) in [5.41, 5.74) is 5.13. The Morgan fingerprint density at radius 2 is 1.94 bits per heavy atom. The lowest BCUT2D eigenvalue weighted by atomic mass is 9.98. The quantitative estimate of drug-likeness (QED) is 0.541. The van der Waals surface area contributed by atoms with Crippen LogP contribution < -0.4 is 5.73 Å². The highest BCUT2D eigenvalue weighted by Gasteiger charge is 2.32. The molecule has 3 N–H and O–H groups in total. The number of hydrogen-bond acceptors (Lipinski definition) is 5. The third kappa shape index (κ3) is 7.55. The minimum Gasteiger partial charge on any atom is -0.481 e. The van der Waals surface area contributed by atoms with E-state index in [0.717, 1.165) is 5.75 Å². The molecule has 0 aliphatic rings. The van der Waals surface area contributed by atoms with Gasteiger partial charge < -0.3 is 15.6 Å². The van der Waals surface area contributed by atoms with Crippen molar-refractivity contribution in [2.75, 3.05) is 12.0 Å². The van der Waals surface area contributed by atoms with Crippen LogP contribution in [0.3, 0.4) is 0 Å². The lowest BCUT2D eigenvalue weighted by Gasteiger charge is -2.23. The molecular weight excluding hydrogens is 254 g/mol. The minimum atomic E-state index is -1.18. The highest BCUT2D eigenvalue weighted by molar-refractivity contribution is 7.98. The lowest BCUT2D eigenvalue weighted by molar-refractivity contribution is -0.167. The Morgan fingerprint density at radius 1 is 1.39 bits per heavy atom. The molecule has 0 spiro atoms. The Balaban J connectivity index is 4.48. The Hall–Kier alpha value is -0.750. The number of thioether (sulfide) groups is 1. The van der Waals surface area contributed by atoms with Gasteiger partial charge in [-0.05, 0) is 45.6 Å². The highest BCUT2D eigenvalue weighted by atomic mass is 32.2. The van der Waals surface area contributed by atoms with Crippen molar-refractivity contribution >= 4 is 23.7 Å². The Kier molecular flexibility index (Phi) is 7.32. The maximum absolute atomic E-state index is 11.7. The van der Waals surface area contributed by atoms with Crippen LogP contribution in [0.5, 0.6) is 0 Å². The lowest BCUT2D eigenvalue weighted by Crippen LogP contribution is -2.37. The molecule has 0 aromatic rings. The summed E-state index contributed by atoms with van der Waals surface area (Å²) in [6, 6.07) is -0.300. The predicted octanol–water partition coefficient (Wildman–Crippen LogP) is 1.50. The van der Waals surface area contributed by atoms with Gasteiger partial charge in [-0.1, -0.05) is 0 Å². The molecular formula is C12H23NO4S. The highest BCUT2D eigenvalue weighted by Crippen LogP contribution is 2.16. The number of rotatable bonds is 7. The molecule has 0 aliphatic heterocycles. The van der Waals surface area contributed by atoms with Gasteiger partial charge in [0.15, 0.2) is 5.92 Å². The normalized spacial score (nSPS) is 14.9. The zero-order chi connectivity index (χ0) is 14.3. The molecule has 0 aliphatic carbocycles. The van der Waals surface area contributed by atoms with E-state index in [9.17, 15) is 9.59 Å². The van der Waals surface area contributed by atoms with E-state index in [2.05, 4.69) is 0 Å². The standard InChI is InChI=1S/C12H23NO4S/c1-12(2,3)17-11(16)9(10(14)15)7-8(13)5-6-18-4/h8-9H,5-7,13H2,1-4H3,(H,14,15)/t8?,9-/m1/s1. The van der Waals surface area contributed by atoms with Crippen molar-refractivity contribution in [3.05, 3.63) is 0 Å². The summed E-state index contributed by atoms with van der Waals surface area (Å²) in [6.45, 7) is 5.12. The first-order valence-electron chi connectivity index (χ1n) is 5.87. The monoisotopic (exact) mass is 277 g/mol. The van der Waals surface area contributed by atoms with Gasteiger partial charge in [0.25, 0.3) is 0 Å². The summed E-state index contributed by atoms with van der Waals surface area (Å²) in [5, 5.41) is 9.05. The molecule has 0 aromatic heterocycles. The summed E-state index contributed by atoms with van der Waals surface area (Å²) in [4.78, 5) is 22.8. The maximum Gasteiger partial charge on any atom is 0.320 e. The van der Waals surface area contributed by atoms with Crippen LogP contribution in [-0.2, 0) is 14.3 Å². The van der Waals surface area contributed by atoms with E-state index in [1.807, 2.05) is 6.26 Å². The van der Waals surface area contributed by atoms with Crippen LogP contribution in [0.2, 0.25) is 0 Å². The van der Waals surface area contributed by atoms with Crippen molar-refractivity contribution in [2.24, 2.45) is 11.7 Å². The Morgan fingerprint density at radius 3 is 2.33 bits per heavy atom. The molecule has 0 saturated heterocycles. The number of nitrogens with two attached hydrogens (primary N) is 1. The molecule has 0 radical (unpaired) electrons. The largest absolute Gasteiger partial charge is 0.481 e. The molecule has 0 saturated carbocycles. The van der Waals surface area contributed by atoms with Crippen LogP contribution in [0, 0.1) is 5.92 Å². The molecule has 5 nitrogen and oxygen atoms in total. The van der Waals surface area contributed by atoms with E-state index in [4.69, 9.17) is 15.6 Å². The molecule has 0 aromatic carbocycles. The van der Waals surface area contributed by atoms with Gasteiger partial charge in [0.05, 0.1) is 0 Å². The van der Waals surface area contributed by atoms with E-state index >= 15 is 0 Å². The molecule has 2 atom stereocenters. The molecule has 6 heteroatoms. The van der Waals surface area contributed by atoms with Crippen LogP contribution in [0.4, 0.5) is 0 Å². The average molecular weight is 277 g/mol. The minimum absolute atomic E-state index is 0.116. The van der Waals surface area contributed by atoms with E-state index in [-0.39, 0.29) is 12.5 Å². The first-order valence-corrected chi connectivity index (χ1v) is 7.27. The average Bonchev–Trinajstić information content (AvgIpc) is 2.19. The van der Waals surface area contributed by atoms with Crippen LogP contribution in [-0.4, -0.2) is 40.7 Å². The summed E-state index contributed by atoms with van der Waals surface area (Å²) < 4.78 is 5.09. The van der Waals surface area contributed by atoms with Crippen molar-refractivity contribution in [1.82, 2.24) is 0 Å². The summed E-state index contributed by atoms with van der Waals surface area (Å²) >= 11 is 1.64. The van der Waals surface area contributed by atoms with Gasteiger partial charge in [0.2, 0.25) is 0 Å². The number of hydrogen-bond donors (Lipinski definition) is 2. The second-order valence-corrected chi connectivity index (χ2v) is 6.19. The number of carbonyl (C=O) groups is 2. The second kappa shape index (κ2) is 7.63. The van der Waals surface area contributed by atoms with Gasteiger partial charge in [-0.15, -0.1) is 0 Å². The Labute approximate surface area is 112 Å². The number of carbonyl (C=O) groups excluding carboxylic acids is 1. The van der Waals surface area contributed by atoms with Crippen molar-refractivity contribution in [3.63, 3.8) is 0 Å². The van der Waals surface area contributed by atoms with Crippen LogP contribution in [0.25, 0.3) is 0 Å². The molecule has 106 valence electrons. The summed E-state index contributed by atoms with van der Waals surface area (Å²) in [6.07, 6.45) is 2.76. The molecule has 0 heterocycles. The molecule has 0 bridgehead atoms. The number of aliphatic carboxylic acids is 1. The molecule has 18 heavy (non-hydrogen) atoms. The predicted molar refractivity (Wildman–Crippen MR) is 72.6 cm³/mol. The molecule has 1 unspecified atom stereocenters. The van der Waals surface area contributed by atoms with E-state index in [0.29, 0.717) is 6.42 Å². The van der Waals surface area contributed by atoms with Gasteiger partial charge in [0.1, 0.15) is 5.60 Å². The van der Waals surface area contributed by atoms with E-state index in [1.165, 1.54) is 0 Å². The SMILES string of the molecule is CSCCC(N)C[C@H](C(=O)O)C(=O)OC(C)(C)C. The smallest absolute Gasteiger partial charge is 0.320 e. The third-order valence-electron chi connectivity index (χ3n) is 2.22. The van der Waals surface area contributed by atoms with Crippen LogP contribution in [0.1, 0.15) is 33.6 Å². The Bertz CT molecular complexity index is 288. The van der Waals surface area contributed by atoms with Gasteiger partial charge in [0, 0.05) is 6.04 Å². The molecule has 0 rings (SSSR count). The van der Waals surface area contributed by atoms with Gasteiger partial charge in [-0.2, -0.15) is 11.8 Å². The van der Waals surface area contributed by atoms with E-state index in [1.54, 1.807) is 32.5 Å². The number of carboxylic acids is 1. The maximum atomic E-state index is 11.7. The van der Waals surface area contributed by atoms with Crippen LogP contribution >= 0.6 is 11.8 Å². The van der Waals surface area contributed by atoms with Crippen LogP contribution in [0.15, 0.2) is 0 Å². The fraction of sp³-hybridized carbons (Fsp3) is 0.833. The van der Waals surface area contributed by atoms with Crippen molar-refractivity contribution in [2.45, 2.75) is 45.3 Å². The summed E-state index contributed by atoms with van der Waals surface area (Å²) in [7, 11) is 0. The fourth-order valence-corrected chi connectivity index (χ4v) is 1.90. The van der Waals surface area contributed by atoms with Crippen molar-refractivity contribution in [1.29, 1.82) is 0 Å². The topological polar surface area (TPSA) is 89.6 Å². The molecule has 0 amide bonds. The van der Waals surface area contributed by atoms with E-state index < -0.39 is 23.5 Å². The number of carboxylic acid groups (broad SMARTS) is 1. The first-order chi connectivity index (χ1) is 8.17. The third-order valence-corrected chi connectivity index (χ3v) is 2.86. The first kappa shape index (κ1) is 17.2.